The van der Waals surface area contributed by atoms with Crippen LogP contribution in [0.2, 0.25) is 0 Å². The smallest absolute Gasteiger partial charge is 0.387 e. The van der Waals surface area contributed by atoms with Gasteiger partial charge in [0.05, 0.1) is 0 Å². The van der Waals surface area contributed by atoms with E-state index in [1.54, 1.807) is 12.1 Å². The van der Waals surface area contributed by atoms with Crippen molar-refractivity contribution in [3.05, 3.63) is 84.1 Å². The van der Waals surface area contributed by atoms with Gasteiger partial charge in [0.15, 0.2) is 0 Å². The van der Waals surface area contributed by atoms with E-state index in [9.17, 15) is 17.2 Å². The fourth-order valence-corrected chi connectivity index (χ4v) is 3.64. The minimum atomic E-state index is -4.07. The maximum Gasteiger partial charge on any atom is 0.387 e. The number of alkyl halides is 2. The van der Waals surface area contributed by atoms with Gasteiger partial charge in [-0.2, -0.15) is 8.78 Å². The first-order valence-electron chi connectivity index (χ1n) is 8.59. The maximum atomic E-state index is 12.5. The molecule has 0 unspecified atom stereocenters. The number of halogens is 2. The molecule has 9 heteroatoms. The highest BCUT2D eigenvalue weighted by molar-refractivity contribution is 7.89. The summed E-state index contributed by atoms with van der Waals surface area (Å²) in [6.45, 7) is -2.88. The van der Waals surface area contributed by atoms with Gasteiger partial charge in [-0.15, -0.1) is 0 Å². The second-order valence-corrected chi connectivity index (χ2v) is 7.66. The van der Waals surface area contributed by atoms with Crippen molar-refractivity contribution in [1.82, 2.24) is 9.71 Å². The van der Waals surface area contributed by atoms with Crippen LogP contribution in [0.1, 0.15) is 11.1 Å². The molecular formula is C20H18F2N2O4S. The van der Waals surface area contributed by atoms with Crippen molar-refractivity contribution >= 4 is 10.0 Å². The van der Waals surface area contributed by atoms with Gasteiger partial charge in [0.1, 0.15) is 17.3 Å². The summed E-state index contributed by atoms with van der Waals surface area (Å²) in [5.41, 5.74) is 1.56. The third-order valence-electron chi connectivity index (χ3n) is 3.85. The fraction of sp³-hybridized carbons (Fsp3) is 0.150. The first-order valence-corrected chi connectivity index (χ1v) is 10.1. The van der Waals surface area contributed by atoms with Crippen LogP contribution in [0.15, 0.2) is 77.8 Å². The third kappa shape index (κ3) is 5.97. The van der Waals surface area contributed by atoms with Crippen LogP contribution in [-0.4, -0.2) is 20.0 Å². The molecule has 0 aliphatic heterocycles. The number of para-hydroxylation sites is 1. The van der Waals surface area contributed by atoms with Crippen LogP contribution in [0.4, 0.5) is 8.78 Å². The molecule has 1 aromatic heterocycles. The molecule has 0 radical (unpaired) electrons. The van der Waals surface area contributed by atoms with Crippen molar-refractivity contribution in [3.63, 3.8) is 0 Å². The van der Waals surface area contributed by atoms with Gasteiger partial charge in [0, 0.05) is 18.8 Å². The average Bonchev–Trinajstić information content (AvgIpc) is 2.72. The number of hydrogen-bond donors (Lipinski definition) is 1. The Morgan fingerprint density at radius 1 is 0.966 bits per heavy atom. The number of ether oxygens (including phenoxy) is 2. The van der Waals surface area contributed by atoms with Crippen LogP contribution in [-0.2, 0) is 23.2 Å². The molecule has 3 rings (SSSR count). The second-order valence-electron chi connectivity index (χ2n) is 5.93. The predicted octanol–water partition coefficient (Wildman–Crippen LogP) is 3.74. The monoisotopic (exact) mass is 420 g/mol. The number of aromatic nitrogens is 1. The van der Waals surface area contributed by atoms with E-state index in [1.165, 1.54) is 30.5 Å². The molecular weight excluding hydrogens is 402 g/mol. The molecule has 0 bridgehead atoms. The highest BCUT2D eigenvalue weighted by Crippen LogP contribution is 2.25. The summed E-state index contributed by atoms with van der Waals surface area (Å²) < 4.78 is 62.4. The van der Waals surface area contributed by atoms with Crippen LogP contribution in [0.5, 0.6) is 11.6 Å². The first kappa shape index (κ1) is 20.7. The van der Waals surface area contributed by atoms with Crippen LogP contribution in [0.3, 0.4) is 0 Å². The van der Waals surface area contributed by atoms with Crippen LogP contribution in [0, 0.1) is 0 Å². The lowest BCUT2D eigenvalue weighted by Gasteiger charge is -2.12. The van der Waals surface area contributed by atoms with Crippen molar-refractivity contribution in [1.29, 1.82) is 0 Å². The summed E-state index contributed by atoms with van der Waals surface area (Å²) >= 11 is 0. The zero-order chi connectivity index (χ0) is 20.7. The standard InChI is InChI=1S/C20H18F2N2O4S/c21-20(22)28-17-8-4-5-9-18(17)29(25,26)24-13-16-10-11-23-19(12-16)27-14-15-6-2-1-3-7-15/h1-12,20,24H,13-14H2. The molecule has 0 saturated heterocycles. The van der Waals surface area contributed by atoms with E-state index in [0.29, 0.717) is 18.1 Å². The summed E-state index contributed by atoms with van der Waals surface area (Å²) in [6.07, 6.45) is 1.50. The van der Waals surface area contributed by atoms with Gasteiger partial charge in [-0.3, -0.25) is 0 Å². The molecule has 0 aliphatic carbocycles. The first-order chi connectivity index (χ1) is 13.9. The summed E-state index contributed by atoms with van der Waals surface area (Å²) in [4.78, 5) is 3.74. The number of nitrogens with one attached hydrogen (secondary N) is 1. The molecule has 0 spiro atoms. The largest absolute Gasteiger partial charge is 0.473 e. The summed E-state index contributed by atoms with van der Waals surface area (Å²) in [5.74, 6) is -0.0800. The maximum absolute atomic E-state index is 12.5. The lowest BCUT2D eigenvalue weighted by atomic mass is 10.2. The Balaban J connectivity index is 1.66. The number of pyridine rings is 1. The molecule has 0 saturated carbocycles. The predicted molar refractivity (Wildman–Crippen MR) is 102 cm³/mol. The third-order valence-corrected chi connectivity index (χ3v) is 5.29. The zero-order valence-corrected chi connectivity index (χ0v) is 16.0. The second kappa shape index (κ2) is 9.44. The van der Waals surface area contributed by atoms with E-state index in [4.69, 9.17) is 4.74 Å². The molecule has 1 N–H and O–H groups in total. The van der Waals surface area contributed by atoms with E-state index in [0.717, 1.165) is 5.56 Å². The van der Waals surface area contributed by atoms with E-state index >= 15 is 0 Å². The minimum absolute atomic E-state index is 0.0738. The zero-order valence-electron chi connectivity index (χ0n) is 15.2. The molecule has 152 valence electrons. The molecule has 0 fully saturated rings. The topological polar surface area (TPSA) is 77.5 Å². The number of rotatable bonds is 9. The highest BCUT2D eigenvalue weighted by atomic mass is 32.2. The molecule has 6 nitrogen and oxygen atoms in total. The Hall–Kier alpha value is -3.04. The highest BCUT2D eigenvalue weighted by Gasteiger charge is 2.21. The lowest BCUT2D eigenvalue weighted by molar-refractivity contribution is -0.0517. The molecule has 0 aliphatic rings. The summed E-state index contributed by atoms with van der Waals surface area (Å²) in [7, 11) is -4.07. The normalized spacial score (nSPS) is 11.4. The Kier molecular flexibility index (Phi) is 6.73. The molecule has 3 aromatic rings. The minimum Gasteiger partial charge on any atom is -0.473 e. The number of nitrogens with zero attached hydrogens (tertiary/aromatic N) is 1. The van der Waals surface area contributed by atoms with E-state index < -0.39 is 22.4 Å². The lowest BCUT2D eigenvalue weighted by Crippen LogP contribution is -2.24. The van der Waals surface area contributed by atoms with Crippen LogP contribution in [0.25, 0.3) is 0 Å². The quantitative estimate of drug-likeness (QED) is 0.571. The Bertz CT molecular complexity index is 1050. The molecule has 1 heterocycles. The van der Waals surface area contributed by atoms with Crippen molar-refractivity contribution in [2.45, 2.75) is 24.7 Å². The Labute approximate surface area is 167 Å². The molecule has 0 amide bonds. The van der Waals surface area contributed by atoms with Gasteiger partial charge >= 0.3 is 6.61 Å². The number of sulfonamides is 1. The van der Waals surface area contributed by atoms with Gasteiger partial charge in [-0.1, -0.05) is 42.5 Å². The van der Waals surface area contributed by atoms with Crippen molar-refractivity contribution in [2.24, 2.45) is 0 Å². The average molecular weight is 420 g/mol. The number of benzene rings is 2. The molecule has 29 heavy (non-hydrogen) atoms. The SMILES string of the molecule is O=S(=O)(NCc1ccnc(OCc2ccccc2)c1)c1ccccc1OC(F)F. The van der Waals surface area contributed by atoms with Gasteiger partial charge in [0.25, 0.3) is 0 Å². The molecule has 2 aromatic carbocycles. The van der Waals surface area contributed by atoms with Gasteiger partial charge < -0.3 is 9.47 Å². The Morgan fingerprint density at radius 2 is 1.69 bits per heavy atom. The van der Waals surface area contributed by atoms with Crippen LogP contribution >= 0.6 is 0 Å². The van der Waals surface area contributed by atoms with Crippen LogP contribution < -0.4 is 14.2 Å². The molecule has 0 atom stereocenters. The van der Waals surface area contributed by atoms with Gasteiger partial charge in [-0.05, 0) is 29.3 Å². The van der Waals surface area contributed by atoms with E-state index in [1.807, 2.05) is 30.3 Å². The van der Waals surface area contributed by atoms with Gasteiger partial charge in [-0.25, -0.2) is 18.1 Å². The van der Waals surface area contributed by atoms with Crippen molar-refractivity contribution in [2.75, 3.05) is 0 Å². The van der Waals surface area contributed by atoms with E-state index in [2.05, 4.69) is 14.4 Å². The summed E-state index contributed by atoms with van der Waals surface area (Å²) in [6, 6.07) is 18.0. The van der Waals surface area contributed by atoms with Crippen molar-refractivity contribution in [3.8, 4) is 11.6 Å². The van der Waals surface area contributed by atoms with Gasteiger partial charge in [0.2, 0.25) is 15.9 Å². The number of hydrogen-bond acceptors (Lipinski definition) is 5. The fourth-order valence-electron chi connectivity index (χ4n) is 2.49. The van der Waals surface area contributed by atoms with Crippen molar-refractivity contribution < 1.29 is 26.7 Å². The van der Waals surface area contributed by atoms with E-state index in [-0.39, 0.29) is 11.4 Å². The summed E-state index contributed by atoms with van der Waals surface area (Å²) in [5, 5.41) is 0. The Morgan fingerprint density at radius 3 is 2.45 bits per heavy atom.